The van der Waals surface area contributed by atoms with Crippen LogP contribution in [0.4, 0.5) is 4.39 Å². The molecule has 0 spiro atoms. The summed E-state index contributed by atoms with van der Waals surface area (Å²) < 4.78 is 13.2. The highest BCUT2D eigenvalue weighted by atomic mass is 19.1. The first kappa shape index (κ1) is 15.9. The smallest absolute Gasteiger partial charge is 0.251 e. The van der Waals surface area contributed by atoms with E-state index in [9.17, 15) is 14.3 Å². The molecule has 0 atom stereocenters. The van der Waals surface area contributed by atoms with Gasteiger partial charge in [0, 0.05) is 25.2 Å². The Hall–Kier alpha value is -1.46. The Morgan fingerprint density at radius 1 is 1.43 bits per heavy atom. The van der Waals surface area contributed by atoms with Crippen LogP contribution in [0.3, 0.4) is 0 Å². The van der Waals surface area contributed by atoms with Crippen molar-refractivity contribution in [1.82, 2.24) is 10.2 Å². The highest BCUT2D eigenvalue weighted by Gasteiger charge is 2.16. The fraction of sp³-hybridized carbons (Fsp3) is 0.562. The van der Waals surface area contributed by atoms with E-state index in [1.807, 2.05) is 0 Å². The molecule has 0 radical (unpaired) electrons. The molecule has 2 N–H and O–H groups in total. The molecule has 2 rings (SSSR count). The van der Waals surface area contributed by atoms with Crippen LogP contribution in [-0.4, -0.2) is 48.2 Å². The van der Waals surface area contributed by atoms with Gasteiger partial charge in [0.05, 0.1) is 6.10 Å². The minimum absolute atomic E-state index is 0.156. The molecule has 0 saturated carbocycles. The normalized spacial score (nSPS) is 16.9. The Morgan fingerprint density at radius 3 is 2.86 bits per heavy atom. The first-order chi connectivity index (χ1) is 10.1. The van der Waals surface area contributed by atoms with Crippen LogP contribution in [0.2, 0.25) is 0 Å². The Labute approximate surface area is 125 Å². The van der Waals surface area contributed by atoms with Crippen LogP contribution in [0, 0.1) is 12.7 Å². The van der Waals surface area contributed by atoms with Crippen molar-refractivity contribution >= 4 is 5.91 Å². The van der Waals surface area contributed by atoms with Gasteiger partial charge in [0.15, 0.2) is 0 Å². The molecule has 0 bridgehead atoms. The minimum Gasteiger partial charge on any atom is -0.393 e. The topological polar surface area (TPSA) is 52.6 Å². The SMILES string of the molecule is Cc1ccc(F)cc1C(=O)NCCCN1CCC(O)CC1. The van der Waals surface area contributed by atoms with Crippen molar-refractivity contribution in [1.29, 1.82) is 0 Å². The number of likely N-dealkylation sites (tertiary alicyclic amines) is 1. The number of piperidine rings is 1. The second-order valence-corrected chi connectivity index (χ2v) is 5.64. The predicted molar refractivity (Wildman–Crippen MR) is 79.8 cm³/mol. The number of carbonyl (C=O) groups is 1. The monoisotopic (exact) mass is 294 g/mol. The zero-order chi connectivity index (χ0) is 15.2. The van der Waals surface area contributed by atoms with Crippen molar-refractivity contribution in [2.24, 2.45) is 0 Å². The number of hydrogen-bond donors (Lipinski definition) is 2. The summed E-state index contributed by atoms with van der Waals surface area (Å²) in [7, 11) is 0. The van der Waals surface area contributed by atoms with E-state index in [1.165, 1.54) is 12.1 Å². The quantitative estimate of drug-likeness (QED) is 0.813. The van der Waals surface area contributed by atoms with Crippen molar-refractivity contribution in [2.45, 2.75) is 32.3 Å². The average Bonchev–Trinajstić information content (AvgIpc) is 2.47. The van der Waals surface area contributed by atoms with Gasteiger partial charge in [-0.2, -0.15) is 0 Å². The molecule has 21 heavy (non-hydrogen) atoms. The molecule has 1 amide bonds. The standard InChI is InChI=1S/C16H23FN2O2/c1-12-3-4-13(17)11-15(12)16(21)18-7-2-8-19-9-5-14(20)6-10-19/h3-4,11,14,20H,2,5-10H2,1H3,(H,18,21). The van der Waals surface area contributed by atoms with Gasteiger partial charge in [0.2, 0.25) is 0 Å². The Kier molecular flexibility index (Phi) is 5.70. The van der Waals surface area contributed by atoms with Gasteiger partial charge in [-0.05, 0) is 50.4 Å². The number of aliphatic hydroxyl groups excluding tert-OH is 1. The zero-order valence-electron chi connectivity index (χ0n) is 12.4. The molecule has 1 aromatic rings. The van der Waals surface area contributed by atoms with E-state index in [0.29, 0.717) is 12.1 Å². The lowest BCUT2D eigenvalue weighted by Crippen LogP contribution is -2.37. The molecule has 1 aliphatic rings. The number of aliphatic hydroxyl groups is 1. The van der Waals surface area contributed by atoms with Gasteiger partial charge in [0.25, 0.3) is 5.91 Å². The number of halogens is 1. The van der Waals surface area contributed by atoms with E-state index in [2.05, 4.69) is 10.2 Å². The summed E-state index contributed by atoms with van der Waals surface area (Å²) in [4.78, 5) is 14.3. The van der Waals surface area contributed by atoms with Crippen LogP contribution in [-0.2, 0) is 0 Å². The van der Waals surface area contributed by atoms with Gasteiger partial charge < -0.3 is 15.3 Å². The minimum atomic E-state index is -0.391. The molecule has 1 saturated heterocycles. The number of hydrogen-bond acceptors (Lipinski definition) is 3. The Bertz CT molecular complexity index is 485. The first-order valence-corrected chi connectivity index (χ1v) is 7.51. The molecule has 1 heterocycles. The number of amides is 1. The number of benzene rings is 1. The van der Waals surface area contributed by atoms with Gasteiger partial charge in [-0.3, -0.25) is 4.79 Å². The van der Waals surface area contributed by atoms with E-state index >= 15 is 0 Å². The molecular weight excluding hydrogens is 271 g/mol. The summed E-state index contributed by atoms with van der Waals surface area (Å²) in [6.45, 7) is 5.12. The van der Waals surface area contributed by atoms with E-state index in [4.69, 9.17) is 0 Å². The third kappa shape index (κ3) is 4.79. The van der Waals surface area contributed by atoms with Crippen LogP contribution in [0.25, 0.3) is 0 Å². The summed E-state index contributed by atoms with van der Waals surface area (Å²) in [6, 6.07) is 4.25. The second-order valence-electron chi connectivity index (χ2n) is 5.64. The molecule has 1 aromatic carbocycles. The number of nitrogens with zero attached hydrogens (tertiary/aromatic N) is 1. The van der Waals surface area contributed by atoms with Crippen LogP contribution >= 0.6 is 0 Å². The van der Waals surface area contributed by atoms with Crippen LogP contribution < -0.4 is 5.32 Å². The van der Waals surface area contributed by atoms with Gasteiger partial charge in [-0.25, -0.2) is 4.39 Å². The summed E-state index contributed by atoms with van der Waals surface area (Å²) in [6.07, 6.45) is 2.36. The third-order valence-corrected chi connectivity index (χ3v) is 3.94. The summed E-state index contributed by atoms with van der Waals surface area (Å²) in [5.41, 5.74) is 1.18. The highest BCUT2D eigenvalue weighted by Crippen LogP contribution is 2.11. The molecule has 0 aromatic heterocycles. The third-order valence-electron chi connectivity index (χ3n) is 3.94. The lowest BCUT2D eigenvalue weighted by Gasteiger charge is -2.29. The molecule has 5 heteroatoms. The molecule has 0 unspecified atom stereocenters. The lowest BCUT2D eigenvalue weighted by atomic mass is 10.1. The van der Waals surface area contributed by atoms with Crippen molar-refractivity contribution in [3.63, 3.8) is 0 Å². The van der Waals surface area contributed by atoms with Gasteiger partial charge in [-0.1, -0.05) is 6.07 Å². The predicted octanol–water partition coefficient (Wildman–Crippen LogP) is 1.71. The van der Waals surface area contributed by atoms with E-state index in [1.54, 1.807) is 13.0 Å². The van der Waals surface area contributed by atoms with Gasteiger partial charge >= 0.3 is 0 Å². The summed E-state index contributed by atoms with van der Waals surface area (Å²) in [5, 5.41) is 12.3. The van der Waals surface area contributed by atoms with E-state index < -0.39 is 5.82 Å². The van der Waals surface area contributed by atoms with Crippen molar-refractivity contribution in [2.75, 3.05) is 26.2 Å². The first-order valence-electron chi connectivity index (χ1n) is 7.51. The highest BCUT2D eigenvalue weighted by molar-refractivity contribution is 5.95. The number of aryl methyl sites for hydroxylation is 1. The lowest BCUT2D eigenvalue weighted by molar-refractivity contribution is 0.0816. The van der Waals surface area contributed by atoms with Crippen molar-refractivity contribution in [3.05, 3.63) is 35.1 Å². The largest absolute Gasteiger partial charge is 0.393 e. The second kappa shape index (κ2) is 7.52. The van der Waals surface area contributed by atoms with Crippen LogP contribution in [0.5, 0.6) is 0 Å². The molecule has 4 nitrogen and oxygen atoms in total. The number of carbonyl (C=O) groups excluding carboxylic acids is 1. The molecule has 0 aliphatic carbocycles. The van der Waals surface area contributed by atoms with Gasteiger partial charge in [0.1, 0.15) is 5.82 Å². The molecular formula is C16H23FN2O2. The van der Waals surface area contributed by atoms with Crippen LogP contribution in [0.1, 0.15) is 35.2 Å². The van der Waals surface area contributed by atoms with E-state index in [0.717, 1.165) is 44.5 Å². The summed E-state index contributed by atoms with van der Waals surface area (Å²) in [5.74, 6) is -0.612. The maximum atomic E-state index is 13.2. The summed E-state index contributed by atoms with van der Waals surface area (Å²) >= 11 is 0. The maximum Gasteiger partial charge on any atom is 0.251 e. The number of nitrogens with one attached hydrogen (secondary N) is 1. The zero-order valence-corrected chi connectivity index (χ0v) is 12.4. The molecule has 116 valence electrons. The average molecular weight is 294 g/mol. The molecule has 1 aliphatic heterocycles. The fourth-order valence-corrected chi connectivity index (χ4v) is 2.58. The van der Waals surface area contributed by atoms with Crippen molar-refractivity contribution < 1.29 is 14.3 Å². The maximum absolute atomic E-state index is 13.2. The fourth-order valence-electron chi connectivity index (χ4n) is 2.58. The Balaban J connectivity index is 1.71. The van der Waals surface area contributed by atoms with Crippen LogP contribution in [0.15, 0.2) is 18.2 Å². The van der Waals surface area contributed by atoms with Crippen molar-refractivity contribution in [3.8, 4) is 0 Å². The number of rotatable bonds is 5. The van der Waals surface area contributed by atoms with Gasteiger partial charge in [-0.15, -0.1) is 0 Å². The molecule has 1 fully saturated rings. The Morgan fingerprint density at radius 2 is 2.14 bits per heavy atom. The van der Waals surface area contributed by atoms with E-state index in [-0.39, 0.29) is 12.0 Å².